The van der Waals surface area contributed by atoms with E-state index in [2.05, 4.69) is 66.6 Å². The third-order valence-corrected chi connectivity index (χ3v) is 4.76. The van der Waals surface area contributed by atoms with Crippen LogP contribution in [0.5, 0.6) is 5.75 Å². The largest absolute Gasteiger partial charge is 0.446 e. The van der Waals surface area contributed by atoms with Gasteiger partial charge in [0.15, 0.2) is 11.5 Å². The van der Waals surface area contributed by atoms with Crippen molar-refractivity contribution in [3.63, 3.8) is 0 Å². The van der Waals surface area contributed by atoms with Crippen molar-refractivity contribution in [2.45, 2.75) is 47.0 Å². The molecule has 2 aromatic carbocycles. The average Bonchev–Trinajstić information content (AvgIpc) is 2.88. The van der Waals surface area contributed by atoms with Gasteiger partial charge < -0.3 is 9.64 Å². The van der Waals surface area contributed by atoms with E-state index in [-0.39, 0.29) is 5.41 Å². The number of fused-ring (bicyclic) bond motifs is 3. The maximum atomic E-state index is 6.01. The van der Waals surface area contributed by atoms with E-state index in [0.29, 0.717) is 0 Å². The fourth-order valence-electron chi connectivity index (χ4n) is 3.45. The molecule has 0 bridgehead atoms. The highest BCUT2D eigenvalue weighted by Crippen LogP contribution is 2.51. The van der Waals surface area contributed by atoms with Gasteiger partial charge in [-0.15, -0.1) is 0 Å². The zero-order valence-electron chi connectivity index (χ0n) is 17.9. The fraction of sp³-hybridized carbons (Fsp3) is 0.360. The van der Waals surface area contributed by atoms with Gasteiger partial charge in [0, 0.05) is 25.6 Å². The molecule has 0 spiro atoms. The summed E-state index contributed by atoms with van der Waals surface area (Å²) >= 11 is 0. The van der Waals surface area contributed by atoms with Crippen LogP contribution in [-0.4, -0.2) is 14.1 Å². The van der Waals surface area contributed by atoms with Gasteiger partial charge in [0.25, 0.3) is 0 Å². The molecular weight excluding hydrogens is 330 g/mol. The Labute approximate surface area is 164 Å². The third-order valence-electron chi connectivity index (χ3n) is 4.76. The van der Waals surface area contributed by atoms with Gasteiger partial charge in [-0.05, 0) is 40.1 Å². The van der Waals surface area contributed by atoms with Crippen molar-refractivity contribution >= 4 is 5.69 Å². The zero-order chi connectivity index (χ0) is 20.2. The number of hydrogen-bond acceptors (Lipinski definition) is 2. The molecule has 0 fully saturated rings. The Morgan fingerprint density at radius 3 is 2.07 bits per heavy atom. The summed E-state index contributed by atoms with van der Waals surface area (Å²) in [6.07, 6.45) is 1.81. The lowest BCUT2D eigenvalue weighted by molar-refractivity contribution is 0.442. The number of allylic oxidation sites excluding steroid dienone is 1. The molecule has 4 rings (SSSR count). The Morgan fingerprint density at radius 1 is 0.889 bits per heavy atom. The highest BCUT2D eigenvalue weighted by molar-refractivity contribution is 5.85. The number of anilines is 1. The van der Waals surface area contributed by atoms with E-state index in [1.54, 1.807) is 0 Å². The summed E-state index contributed by atoms with van der Waals surface area (Å²) in [5.41, 5.74) is 12.2. The van der Waals surface area contributed by atoms with Gasteiger partial charge in [0.1, 0.15) is 0 Å². The second-order valence-corrected chi connectivity index (χ2v) is 6.81. The third kappa shape index (κ3) is 3.60. The minimum atomic E-state index is -0.0193. The predicted molar refractivity (Wildman–Crippen MR) is 117 cm³/mol. The van der Waals surface area contributed by atoms with Gasteiger partial charge in [0.2, 0.25) is 0 Å². The molecule has 0 aromatic heterocycles. The summed E-state index contributed by atoms with van der Waals surface area (Å²) in [7, 11) is 4.09. The van der Waals surface area contributed by atoms with Crippen LogP contribution in [-0.2, 0) is 5.41 Å². The van der Waals surface area contributed by atoms with Crippen molar-refractivity contribution in [1.82, 2.24) is 0 Å². The van der Waals surface area contributed by atoms with Crippen LogP contribution in [0.15, 0.2) is 59.7 Å². The molecule has 27 heavy (non-hydrogen) atoms. The van der Waals surface area contributed by atoms with Crippen LogP contribution in [0.4, 0.5) is 5.69 Å². The first kappa shape index (κ1) is 20.6. The maximum absolute atomic E-state index is 6.01. The molecule has 0 atom stereocenters. The van der Waals surface area contributed by atoms with Gasteiger partial charge in [0.05, 0.1) is 5.69 Å². The molecule has 0 unspecified atom stereocenters. The second kappa shape index (κ2) is 8.35. The molecule has 0 amide bonds. The molecular formula is C25H31NO. The van der Waals surface area contributed by atoms with Gasteiger partial charge in [-0.3, -0.25) is 0 Å². The quantitative estimate of drug-likeness (QED) is 0.564. The highest BCUT2D eigenvalue weighted by Gasteiger charge is 2.36. The molecule has 2 nitrogen and oxygen atoms in total. The molecule has 2 heteroatoms. The van der Waals surface area contributed by atoms with Crippen LogP contribution in [0, 0.1) is 0 Å². The lowest BCUT2D eigenvalue weighted by atomic mass is 9.82. The van der Waals surface area contributed by atoms with Crippen molar-refractivity contribution in [1.29, 1.82) is 0 Å². The molecule has 2 aliphatic carbocycles. The molecule has 2 aromatic rings. The number of nitrogens with zero attached hydrogens (tertiary/aromatic N) is 1. The maximum Gasteiger partial charge on any atom is 0.186 e. The van der Waals surface area contributed by atoms with Crippen LogP contribution in [0.3, 0.4) is 0 Å². The Bertz CT molecular complexity index is 921. The van der Waals surface area contributed by atoms with E-state index in [4.69, 9.17) is 4.74 Å². The van der Waals surface area contributed by atoms with E-state index < -0.39 is 0 Å². The molecule has 0 N–H and O–H groups in total. The second-order valence-electron chi connectivity index (χ2n) is 6.81. The van der Waals surface area contributed by atoms with Crippen molar-refractivity contribution in [2.24, 2.45) is 0 Å². The molecule has 142 valence electrons. The van der Waals surface area contributed by atoms with Crippen LogP contribution in [0.2, 0.25) is 0 Å². The van der Waals surface area contributed by atoms with Crippen molar-refractivity contribution in [3.05, 3.63) is 70.8 Å². The molecule has 0 saturated heterocycles. The molecule has 0 radical (unpaired) electrons. The smallest absolute Gasteiger partial charge is 0.186 e. The van der Waals surface area contributed by atoms with Gasteiger partial charge in [-0.1, -0.05) is 71.5 Å². The topological polar surface area (TPSA) is 12.5 Å². The summed E-state index contributed by atoms with van der Waals surface area (Å²) in [5, 5.41) is 0. The lowest BCUT2D eigenvalue weighted by Gasteiger charge is -2.24. The summed E-state index contributed by atoms with van der Waals surface area (Å²) < 4.78 is 6.01. The van der Waals surface area contributed by atoms with E-state index in [9.17, 15) is 0 Å². The highest BCUT2D eigenvalue weighted by atomic mass is 16.5. The van der Waals surface area contributed by atoms with Crippen molar-refractivity contribution in [2.75, 3.05) is 19.0 Å². The van der Waals surface area contributed by atoms with E-state index in [1.165, 1.54) is 22.3 Å². The summed E-state index contributed by atoms with van der Waals surface area (Å²) in [5.74, 6) is 1.61. The molecule has 0 aliphatic heterocycles. The zero-order valence-corrected chi connectivity index (χ0v) is 17.9. The Morgan fingerprint density at radius 2 is 1.52 bits per heavy atom. The molecule has 0 heterocycles. The van der Waals surface area contributed by atoms with E-state index in [1.807, 2.05) is 47.9 Å². The lowest BCUT2D eigenvalue weighted by Crippen LogP contribution is -2.16. The number of benzene rings is 2. The van der Waals surface area contributed by atoms with Crippen LogP contribution < -0.4 is 9.64 Å². The standard InChI is InChI=1S/C21H19NO.2C2H6/c1-21(2)17-11-6-5-10-15(17)16-12-19(22(3)4)20(13-18(16)21)23-14-8-7-9-14;2*1-2/h5-6,8,10-13H,1-4H3;2*1-2H3. The first-order valence-electron chi connectivity index (χ1n) is 9.84. The fourth-order valence-corrected chi connectivity index (χ4v) is 3.45. The SMILES string of the molecule is CC.CC.CN(C)c1cc2c(cc1OC1=C=C=C1)C(C)(C)c1ccccc1-2. The Balaban J connectivity index is 0.000000614. The van der Waals surface area contributed by atoms with Gasteiger partial charge >= 0.3 is 0 Å². The minimum Gasteiger partial charge on any atom is -0.446 e. The van der Waals surface area contributed by atoms with Crippen LogP contribution in [0.1, 0.15) is 52.7 Å². The summed E-state index contributed by atoms with van der Waals surface area (Å²) in [6.45, 7) is 12.6. The van der Waals surface area contributed by atoms with Crippen LogP contribution in [0.25, 0.3) is 11.1 Å². The number of ether oxygens (including phenoxy) is 1. The number of hydrogen-bond donors (Lipinski definition) is 0. The molecule has 0 saturated carbocycles. The predicted octanol–water partition coefficient (Wildman–Crippen LogP) is 6.70. The number of rotatable bonds is 3. The summed E-state index contributed by atoms with van der Waals surface area (Å²) in [4.78, 5) is 2.09. The molecule has 2 aliphatic rings. The van der Waals surface area contributed by atoms with E-state index in [0.717, 1.165) is 17.2 Å². The monoisotopic (exact) mass is 361 g/mol. The first-order valence-corrected chi connectivity index (χ1v) is 9.84. The normalized spacial score (nSPS) is 13.7. The minimum absolute atomic E-state index is 0.0193. The first-order chi connectivity index (χ1) is 13.0. The van der Waals surface area contributed by atoms with Crippen molar-refractivity contribution < 1.29 is 4.74 Å². The van der Waals surface area contributed by atoms with Crippen LogP contribution >= 0.6 is 0 Å². The van der Waals surface area contributed by atoms with E-state index >= 15 is 0 Å². The van der Waals surface area contributed by atoms with Gasteiger partial charge in [-0.25, -0.2) is 0 Å². The average molecular weight is 362 g/mol. The Kier molecular flexibility index (Phi) is 6.39. The van der Waals surface area contributed by atoms with Gasteiger partial charge in [-0.2, -0.15) is 0 Å². The Hall–Kier alpha value is -2.66. The summed E-state index contributed by atoms with van der Waals surface area (Å²) in [6, 6.07) is 13.1. The van der Waals surface area contributed by atoms with Crippen molar-refractivity contribution in [3.8, 4) is 16.9 Å².